The topological polar surface area (TPSA) is 99.4 Å². The number of phenolic OH excluding ortho intramolecular Hbond substituents is 1. The lowest BCUT2D eigenvalue weighted by Gasteiger charge is -2.25. The van der Waals surface area contributed by atoms with Crippen LogP contribution < -0.4 is 24.4 Å². The second-order valence-corrected chi connectivity index (χ2v) is 11.3. The number of benzene rings is 2. The normalized spacial score (nSPS) is 15.2. The van der Waals surface area contributed by atoms with E-state index in [9.17, 15) is 14.7 Å². The molecular weight excluding hydrogens is 687 g/mol. The molecule has 0 spiro atoms. The van der Waals surface area contributed by atoms with E-state index in [2.05, 4.69) is 20.9 Å². The molecule has 200 valence electrons. The quantitative estimate of drug-likeness (QED) is 0.270. The molecule has 0 amide bonds. The lowest BCUT2D eigenvalue weighted by Crippen LogP contribution is -2.40. The number of aromatic nitrogens is 1. The molecule has 1 aromatic heterocycles. The molecule has 0 aliphatic carbocycles. The number of carbonyl (C=O) groups is 1. The predicted octanol–water partition coefficient (Wildman–Crippen LogP) is 4.67. The van der Waals surface area contributed by atoms with Crippen LogP contribution in [0.2, 0.25) is 0 Å². The first-order valence-electron chi connectivity index (χ1n) is 12.0. The van der Waals surface area contributed by atoms with Crippen molar-refractivity contribution in [3.63, 3.8) is 0 Å². The Kier molecular flexibility index (Phi) is 8.99. The van der Waals surface area contributed by atoms with Gasteiger partial charge in [-0.25, -0.2) is 9.79 Å². The number of thiazole rings is 1. The van der Waals surface area contributed by atoms with Crippen LogP contribution in [0.15, 0.2) is 55.9 Å². The van der Waals surface area contributed by atoms with Crippen molar-refractivity contribution in [3.8, 4) is 17.2 Å². The second kappa shape index (κ2) is 12.0. The summed E-state index contributed by atoms with van der Waals surface area (Å²) in [5, 5.41) is 10.6. The van der Waals surface area contributed by atoms with Gasteiger partial charge in [0.05, 0.1) is 45.2 Å². The van der Waals surface area contributed by atoms with Crippen LogP contribution in [-0.2, 0) is 9.53 Å². The highest BCUT2D eigenvalue weighted by Gasteiger charge is 2.34. The molecular formula is C27H26BrIN2O6S. The largest absolute Gasteiger partial charge is 0.506 e. The standard InChI is InChI=1S/C27H26BrIN2O6S/c1-5-35-19-9-8-15(11-20(19)36-6-2)23-22(26(34)37-7-3)14(4)30-27-31(23)25(33)21(38-27)12-16-10-17(28)13-18(29)24(16)32/h8-13,23,32H,5-7H2,1-4H3/b21-12-/t23-/m1/s1. The zero-order valence-electron chi connectivity index (χ0n) is 21.2. The fourth-order valence-corrected chi connectivity index (χ4v) is 6.77. The first-order chi connectivity index (χ1) is 18.2. The minimum atomic E-state index is -0.793. The van der Waals surface area contributed by atoms with Crippen molar-refractivity contribution in [3.05, 3.63) is 80.5 Å². The van der Waals surface area contributed by atoms with Gasteiger partial charge < -0.3 is 19.3 Å². The molecule has 8 nitrogen and oxygen atoms in total. The molecule has 4 rings (SSSR count). The minimum Gasteiger partial charge on any atom is -0.506 e. The highest BCUT2D eigenvalue weighted by atomic mass is 127. The van der Waals surface area contributed by atoms with E-state index in [4.69, 9.17) is 14.2 Å². The first-order valence-corrected chi connectivity index (χ1v) is 14.7. The van der Waals surface area contributed by atoms with Crippen LogP contribution in [0.3, 0.4) is 0 Å². The third kappa shape index (κ3) is 5.55. The van der Waals surface area contributed by atoms with E-state index in [0.29, 0.717) is 54.4 Å². The van der Waals surface area contributed by atoms with Gasteiger partial charge >= 0.3 is 5.97 Å². The lowest BCUT2D eigenvalue weighted by atomic mass is 9.95. The van der Waals surface area contributed by atoms with Crippen molar-refractivity contribution in [2.75, 3.05) is 19.8 Å². The van der Waals surface area contributed by atoms with Gasteiger partial charge in [0, 0.05) is 10.0 Å². The maximum Gasteiger partial charge on any atom is 0.338 e. The fraction of sp³-hybridized carbons (Fsp3) is 0.296. The Morgan fingerprint density at radius 3 is 2.55 bits per heavy atom. The molecule has 2 aromatic carbocycles. The van der Waals surface area contributed by atoms with E-state index in [-0.39, 0.29) is 23.5 Å². The van der Waals surface area contributed by atoms with Gasteiger partial charge in [0.15, 0.2) is 16.3 Å². The van der Waals surface area contributed by atoms with Crippen LogP contribution >= 0.6 is 49.9 Å². The fourth-order valence-electron chi connectivity index (χ4n) is 4.18. The maximum atomic E-state index is 13.9. The molecule has 38 heavy (non-hydrogen) atoms. The third-order valence-corrected chi connectivity index (χ3v) is 8.01. The van der Waals surface area contributed by atoms with Gasteiger partial charge in [0.2, 0.25) is 0 Å². The Morgan fingerprint density at radius 1 is 1.16 bits per heavy atom. The van der Waals surface area contributed by atoms with E-state index >= 15 is 0 Å². The smallest absolute Gasteiger partial charge is 0.338 e. The Labute approximate surface area is 245 Å². The molecule has 1 aliphatic rings. The second-order valence-electron chi connectivity index (χ2n) is 8.20. The number of phenols is 1. The molecule has 0 fully saturated rings. The maximum absolute atomic E-state index is 13.9. The number of allylic oxidation sites excluding steroid dienone is 1. The van der Waals surface area contributed by atoms with Crippen LogP contribution in [0.1, 0.15) is 44.9 Å². The van der Waals surface area contributed by atoms with Crippen LogP contribution in [0, 0.1) is 3.57 Å². The van der Waals surface area contributed by atoms with Crippen molar-refractivity contribution in [2.24, 2.45) is 4.99 Å². The lowest BCUT2D eigenvalue weighted by molar-refractivity contribution is -0.139. The number of rotatable bonds is 8. The molecule has 2 heterocycles. The minimum absolute atomic E-state index is 0.0763. The SMILES string of the molecule is CCOC(=O)C1=C(C)N=c2s/c(=C\c3cc(Br)cc(I)c3O)c(=O)n2[C@@H]1c1ccc(OCC)c(OCC)c1. The summed E-state index contributed by atoms with van der Waals surface area (Å²) in [6, 6.07) is 8.11. The van der Waals surface area contributed by atoms with Gasteiger partial charge in [-0.15, -0.1) is 0 Å². The molecule has 1 N–H and O–H groups in total. The Morgan fingerprint density at radius 2 is 1.87 bits per heavy atom. The first kappa shape index (κ1) is 28.4. The molecule has 0 unspecified atom stereocenters. The van der Waals surface area contributed by atoms with Crippen molar-refractivity contribution in [2.45, 2.75) is 33.7 Å². The zero-order chi connectivity index (χ0) is 27.6. The summed E-state index contributed by atoms with van der Waals surface area (Å²) < 4.78 is 20.2. The van der Waals surface area contributed by atoms with Gasteiger partial charge in [-0.1, -0.05) is 33.3 Å². The highest BCUT2D eigenvalue weighted by molar-refractivity contribution is 14.1. The average molecular weight is 713 g/mol. The number of fused-ring (bicyclic) bond motifs is 1. The van der Waals surface area contributed by atoms with E-state index in [1.54, 1.807) is 44.2 Å². The summed E-state index contributed by atoms with van der Waals surface area (Å²) in [5.74, 6) is 0.621. The molecule has 0 radical (unpaired) electrons. The van der Waals surface area contributed by atoms with Crippen molar-refractivity contribution >= 4 is 61.9 Å². The van der Waals surface area contributed by atoms with Crippen LogP contribution in [0.25, 0.3) is 6.08 Å². The Hall–Kier alpha value is -2.64. The molecule has 11 heteroatoms. The monoisotopic (exact) mass is 712 g/mol. The molecule has 1 aliphatic heterocycles. The number of carbonyl (C=O) groups excluding carboxylic acids is 1. The molecule has 0 saturated heterocycles. The van der Waals surface area contributed by atoms with Gasteiger partial charge in [-0.2, -0.15) is 0 Å². The summed E-state index contributed by atoms with van der Waals surface area (Å²) in [6.45, 7) is 8.28. The van der Waals surface area contributed by atoms with Gasteiger partial charge in [-0.05, 0) is 86.2 Å². The van der Waals surface area contributed by atoms with Gasteiger partial charge in [-0.3, -0.25) is 9.36 Å². The Balaban J connectivity index is 1.98. The molecule has 0 saturated carbocycles. The number of nitrogens with zero attached hydrogens (tertiary/aromatic N) is 2. The number of halogens is 2. The predicted molar refractivity (Wildman–Crippen MR) is 158 cm³/mol. The number of ether oxygens (including phenoxy) is 3. The summed E-state index contributed by atoms with van der Waals surface area (Å²) in [6.07, 6.45) is 1.64. The number of aromatic hydroxyl groups is 1. The number of hydrogen-bond donors (Lipinski definition) is 1. The molecule has 3 aromatic rings. The summed E-state index contributed by atoms with van der Waals surface area (Å²) in [7, 11) is 0. The molecule has 0 bridgehead atoms. The van der Waals surface area contributed by atoms with E-state index in [1.165, 1.54) is 15.9 Å². The van der Waals surface area contributed by atoms with Crippen molar-refractivity contribution in [1.82, 2.24) is 4.57 Å². The molecule has 1 atom stereocenters. The van der Waals surface area contributed by atoms with Crippen molar-refractivity contribution < 1.29 is 24.1 Å². The van der Waals surface area contributed by atoms with Crippen LogP contribution in [0.5, 0.6) is 17.2 Å². The van der Waals surface area contributed by atoms with Gasteiger partial charge in [0.25, 0.3) is 5.56 Å². The summed E-state index contributed by atoms with van der Waals surface area (Å²) in [4.78, 5) is 32.0. The summed E-state index contributed by atoms with van der Waals surface area (Å²) in [5.41, 5.74) is 1.55. The average Bonchev–Trinajstić information content (AvgIpc) is 3.17. The summed E-state index contributed by atoms with van der Waals surface area (Å²) >= 11 is 6.67. The Bertz CT molecular complexity index is 1610. The highest BCUT2D eigenvalue weighted by Crippen LogP contribution is 2.36. The number of hydrogen-bond acceptors (Lipinski definition) is 8. The van der Waals surface area contributed by atoms with E-state index in [1.807, 2.05) is 42.5 Å². The van der Waals surface area contributed by atoms with E-state index < -0.39 is 12.0 Å². The van der Waals surface area contributed by atoms with Crippen LogP contribution in [-0.4, -0.2) is 35.5 Å². The number of esters is 1. The van der Waals surface area contributed by atoms with Crippen LogP contribution in [0.4, 0.5) is 0 Å². The van der Waals surface area contributed by atoms with Crippen molar-refractivity contribution in [1.29, 1.82) is 0 Å². The van der Waals surface area contributed by atoms with Gasteiger partial charge in [0.1, 0.15) is 5.75 Å². The zero-order valence-corrected chi connectivity index (χ0v) is 25.8. The van der Waals surface area contributed by atoms with E-state index in [0.717, 1.165) is 4.47 Å². The third-order valence-electron chi connectivity index (χ3n) is 5.74.